The van der Waals surface area contributed by atoms with Gasteiger partial charge >= 0.3 is 0 Å². The molecule has 36 heavy (non-hydrogen) atoms. The van der Waals surface area contributed by atoms with E-state index in [1.165, 1.54) is 18.2 Å². The summed E-state index contributed by atoms with van der Waals surface area (Å²) in [6.07, 6.45) is 6.34. The summed E-state index contributed by atoms with van der Waals surface area (Å²) in [6, 6.07) is 12.2. The number of nitrogens with two attached hydrogens (primary N) is 2. The first-order valence-corrected chi connectivity index (χ1v) is 12.2. The van der Waals surface area contributed by atoms with Crippen LogP contribution in [0.2, 0.25) is 5.02 Å². The molecule has 4 aromatic rings. The van der Waals surface area contributed by atoms with Crippen LogP contribution in [0.5, 0.6) is 0 Å². The number of aryl methyl sites for hydroxylation is 1. The van der Waals surface area contributed by atoms with E-state index in [0.29, 0.717) is 10.6 Å². The number of rotatable bonds is 6. The Morgan fingerprint density at radius 3 is 2.81 bits per heavy atom. The van der Waals surface area contributed by atoms with Crippen molar-refractivity contribution in [3.05, 3.63) is 82.4 Å². The van der Waals surface area contributed by atoms with Crippen LogP contribution < -0.4 is 16.8 Å². The van der Waals surface area contributed by atoms with E-state index in [-0.39, 0.29) is 30.2 Å². The molecule has 0 radical (unpaired) electrons. The first-order valence-electron chi connectivity index (χ1n) is 11.9. The minimum Gasteiger partial charge on any atom is -0.392 e. The zero-order chi connectivity index (χ0) is 25.4. The summed E-state index contributed by atoms with van der Waals surface area (Å²) < 4.78 is 15.6. The summed E-state index contributed by atoms with van der Waals surface area (Å²) in [6.45, 7) is 2.01. The molecule has 2 aromatic heterocycles. The minimum absolute atomic E-state index is 0.00465. The smallest absolute Gasteiger partial charge is 0.135 e. The molecule has 0 amide bonds. The largest absolute Gasteiger partial charge is 0.392 e. The minimum atomic E-state index is -0.448. The molecule has 9 heteroatoms. The number of aliphatic hydroxyl groups excluding tert-OH is 1. The van der Waals surface area contributed by atoms with Crippen molar-refractivity contribution in [2.75, 3.05) is 5.32 Å². The van der Waals surface area contributed by atoms with E-state index >= 15 is 0 Å². The van der Waals surface area contributed by atoms with Crippen LogP contribution in [-0.4, -0.2) is 32.6 Å². The Morgan fingerprint density at radius 1 is 1.25 bits per heavy atom. The fraction of sp³-hybridized carbons (Fsp3) is 0.259. The van der Waals surface area contributed by atoms with Crippen LogP contribution in [-0.2, 0) is 6.61 Å². The van der Waals surface area contributed by atoms with Crippen LogP contribution in [0, 0.1) is 12.7 Å². The monoisotopic (exact) mass is 506 g/mol. The van der Waals surface area contributed by atoms with Gasteiger partial charge in [0, 0.05) is 29.9 Å². The van der Waals surface area contributed by atoms with Crippen molar-refractivity contribution >= 4 is 34.3 Å². The van der Waals surface area contributed by atoms with Crippen LogP contribution in [0.4, 0.5) is 15.8 Å². The zero-order valence-electron chi connectivity index (χ0n) is 19.9. The standard InChI is InChI=1S/C27H28ClFN6O/c1-15-8-16(14-36)2-6-21(15)17-9-25-26(33-20-5-4-19(30)11-20)22(12-32-35(25)13-17)27(31)34-24-10-18(29)3-7-23(24)28/h2-3,6-10,12-13,19-20,33,36H,4-5,11,14,30H2,1H3,(H2,31,34)/t19-,20+/m0/s1. The highest BCUT2D eigenvalue weighted by Gasteiger charge is 2.24. The van der Waals surface area contributed by atoms with Crippen molar-refractivity contribution < 1.29 is 9.50 Å². The number of benzene rings is 2. The van der Waals surface area contributed by atoms with Gasteiger partial charge in [-0.1, -0.05) is 29.8 Å². The van der Waals surface area contributed by atoms with Gasteiger partial charge in [-0.2, -0.15) is 5.10 Å². The highest BCUT2D eigenvalue weighted by atomic mass is 35.5. The lowest BCUT2D eigenvalue weighted by Crippen LogP contribution is -2.24. The van der Waals surface area contributed by atoms with Gasteiger partial charge in [-0.25, -0.2) is 13.9 Å². The number of amidine groups is 1. The lowest BCUT2D eigenvalue weighted by atomic mass is 10.0. The van der Waals surface area contributed by atoms with Gasteiger partial charge < -0.3 is 21.9 Å². The number of fused-ring (bicyclic) bond motifs is 1. The fourth-order valence-electron chi connectivity index (χ4n) is 4.81. The second kappa shape index (κ2) is 9.89. The molecule has 0 spiro atoms. The Morgan fingerprint density at radius 2 is 2.08 bits per heavy atom. The van der Waals surface area contributed by atoms with Gasteiger partial charge in [-0.3, -0.25) is 0 Å². The number of aliphatic imine (C=N–C) groups is 1. The molecule has 186 valence electrons. The van der Waals surface area contributed by atoms with Gasteiger partial charge in [-0.05, 0) is 61.1 Å². The van der Waals surface area contributed by atoms with E-state index in [1.54, 1.807) is 10.7 Å². The SMILES string of the molecule is Cc1cc(CO)ccc1-c1cc2c(N[C@@H]3CC[C@H](N)C3)c(/C(N)=N/c3cc(F)ccc3Cl)cnn2c1. The van der Waals surface area contributed by atoms with Gasteiger partial charge in [0.2, 0.25) is 0 Å². The number of nitrogens with one attached hydrogen (secondary N) is 1. The third-order valence-electron chi connectivity index (χ3n) is 6.67. The van der Waals surface area contributed by atoms with Gasteiger partial charge in [-0.15, -0.1) is 0 Å². The van der Waals surface area contributed by atoms with Crippen molar-refractivity contribution in [1.29, 1.82) is 0 Å². The van der Waals surface area contributed by atoms with Crippen molar-refractivity contribution in [2.24, 2.45) is 16.5 Å². The highest BCUT2D eigenvalue weighted by molar-refractivity contribution is 6.33. The predicted molar refractivity (Wildman–Crippen MR) is 142 cm³/mol. The highest BCUT2D eigenvalue weighted by Crippen LogP contribution is 2.33. The molecule has 0 bridgehead atoms. The molecule has 7 nitrogen and oxygen atoms in total. The summed E-state index contributed by atoms with van der Waals surface area (Å²) in [5.74, 6) is -0.273. The normalized spacial score (nSPS) is 18.2. The third kappa shape index (κ3) is 4.80. The van der Waals surface area contributed by atoms with E-state index in [9.17, 15) is 9.50 Å². The van der Waals surface area contributed by atoms with Crippen molar-refractivity contribution in [2.45, 2.75) is 44.9 Å². The van der Waals surface area contributed by atoms with Crippen LogP contribution in [0.3, 0.4) is 0 Å². The molecule has 1 aliphatic carbocycles. The first kappa shape index (κ1) is 24.2. The maximum Gasteiger partial charge on any atom is 0.135 e. The van der Waals surface area contributed by atoms with Gasteiger partial charge in [0.1, 0.15) is 11.7 Å². The molecule has 0 saturated heterocycles. The number of halogens is 2. The quantitative estimate of drug-likeness (QED) is 0.219. The molecule has 2 atom stereocenters. The summed E-state index contributed by atoms with van der Waals surface area (Å²) in [4.78, 5) is 4.43. The molecule has 0 aliphatic heterocycles. The van der Waals surface area contributed by atoms with Gasteiger partial charge in [0.15, 0.2) is 0 Å². The van der Waals surface area contributed by atoms with E-state index in [0.717, 1.165) is 52.7 Å². The molecule has 1 fully saturated rings. The Bertz CT molecular complexity index is 1470. The van der Waals surface area contributed by atoms with E-state index in [2.05, 4.69) is 21.5 Å². The molecule has 0 unspecified atom stereocenters. The van der Waals surface area contributed by atoms with Crippen LogP contribution in [0.25, 0.3) is 16.6 Å². The molecule has 2 aromatic carbocycles. The van der Waals surface area contributed by atoms with Gasteiger partial charge in [0.25, 0.3) is 0 Å². The Balaban J connectivity index is 1.63. The Kier molecular flexibility index (Phi) is 6.66. The van der Waals surface area contributed by atoms with E-state index < -0.39 is 5.82 Å². The zero-order valence-corrected chi connectivity index (χ0v) is 20.6. The second-order valence-electron chi connectivity index (χ2n) is 9.31. The summed E-state index contributed by atoms with van der Waals surface area (Å²) in [7, 11) is 0. The summed E-state index contributed by atoms with van der Waals surface area (Å²) in [5.41, 5.74) is 19.0. The lowest BCUT2D eigenvalue weighted by molar-refractivity contribution is 0.282. The maximum atomic E-state index is 13.8. The molecule has 2 heterocycles. The Labute approximate surface area is 213 Å². The number of hydrogen-bond acceptors (Lipinski definition) is 5. The third-order valence-corrected chi connectivity index (χ3v) is 6.99. The van der Waals surface area contributed by atoms with Crippen LogP contribution in [0.15, 0.2) is 59.9 Å². The number of aliphatic hydroxyl groups is 1. The summed E-state index contributed by atoms with van der Waals surface area (Å²) in [5, 5.41) is 18.0. The first-order chi connectivity index (χ1) is 17.3. The van der Waals surface area contributed by atoms with Crippen molar-refractivity contribution in [3.63, 3.8) is 0 Å². The molecular formula is C27H28ClFN6O. The average Bonchev–Trinajstić information content (AvgIpc) is 3.47. The second-order valence-corrected chi connectivity index (χ2v) is 9.71. The average molecular weight is 507 g/mol. The number of nitrogens with zero attached hydrogens (tertiary/aromatic N) is 3. The molecule has 1 saturated carbocycles. The van der Waals surface area contributed by atoms with Crippen LogP contribution in [0.1, 0.15) is 36.0 Å². The molecule has 5 rings (SSSR count). The van der Waals surface area contributed by atoms with Crippen molar-refractivity contribution in [3.8, 4) is 11.1 Å². The topological polar surface area (TPSA) is 114 Å². The lowest BCUT2D eigenvalue weighted by Gasteiger charge is -2.18. The summed E-state index contributed by atoms with van der Waals surface area (Å²) >= 11 is 6.23. The van der Waals surface area contributed by atoms with E-state index in [4.69, 9.17) is 23.1 Å². The molecule has 1 aliphatic rings. The number of aromatic nitrogens is 2. The predicted octanol–water partition coefficient (Wildman–Crippen LogP) is 4.92. The number of anilines is 1. The van der Waals surface area contributed by atoms with E-state index in [1.807, 2.05) is 31.3 Å². The Hall–Kier alpha value is -3.46. The van der Waals surface area contributed by atoms with Gasteiger partial charge in [0.05, 0.1) is 40.3 Å². The molecular weight excluding hydrogens is 479 g/mol. The van der Waals surface area contributed by atoms with Crippen molar-refractivity contribution in [1.82, 2.24) is 9.61 Å². The maximum absolute atomic E-state index is 13.8. The fourth-order valence-corrected chi connectivity index (χ4v) is 4.97. The molecule has 6 N–H and O–H groups in total. The van der Waals surface area contributed by atoms with Crippen LogP contribution >= 0.6 is 11.6 Å². The number of hydrogen-bond donors (Lipinski definition) is 4.